The molecule has 1 amide bonds. The Bertz CT molecular complexity index is 536. The number of carbonyl (C=O) groups is 1. The maximum absolute atomic E-state index is 12.3. The largest absolute Gasteiger partial charge is 0.394 e. The van der Waals surface area contributed by atoms with E-state index in [1.807, 2.05) is 0 Å². The molecule has 0 aromatic rings. The number of rotatable bonds is 32. The van der Waals surface area contributed by atoms with E-state index in [0.29, 0.717) is 12.8 Å². The van der Waals surface area contributed by atoms with E-state index >= 15 is 0 Å². The zero-order chi connectivity index (χ0) is 29.4. The summed E-state index contributed by atoms with van der Waals surface area (Å²) >= 11 is 0. The third-order valence-corrected chi connectivity index (χ3v) is 8.28. The van der Waals surface area contributed by atoms with Gasteiger partial charge in [0.2, 0.25) is 5.91 Å². The maximum atomic E-state index is 12.3. The molecule has 0 saturated carbocycles. The third kappa shape index (κ3) is 28.7. The van der Waals surface area contributed by atoms with Crippen LogP contribution in [0.1, 0.15) is 194 Å². The van der Waals surface area contributed by atoms with Crippen molar-refractivity contribution in [3.8, 4) is 0 Å². The monoisotopic (exact) mass is 566 g/mol. The van der Waals surface area contributed by atoms with Crippen LogP contribution in [0.2, 0.25) is 0 Å². The van der Waals surface area contributed by atoms with E-state index in [2.05, 4.69) is 31.3 Å². The minimum atomic E-state index is -0.657. The molecule has 0 aliphatic carbocycles. The highest BCUT2D eigenvalue weighted by atomic mass is 16.3. The smallest absolute Gasteiger partial charge is 0.220 e. The molecular weight excluding hydrogens is 494 g/mol. The molecule has 0 spiro atoms. The van der Waals surface area contributed by atoms with Crippen molar-refractivity contribution in [2.24, 2.45) is 0 Å². The molecule has 40 heavy (non-hydrogen) atoms. The second-order valence-electron chi connectivity index (χ2n) is 12.3. The summed E-state index contributed by atoms with van der Waals surface area (Å²) in [7, 11) is 0. The zero-order valence-electron chi connectivity index (χ0n) is 27.1. The molecule has 2 unspecified atom stereocenters. The molecule has 0 aliphatic rings. The molecule has 0 heterocycles. The van der Waals surface area contributed by atoms with Crippen LogP contribution in [-0.4, -0.2) is 34.9 Å². The number of hydrogen-bond donors (Lipinski definition) is 3. The van der Waals surface area contributed by atoms with E-state index in [-0.39, 0.29) is 12.5 Å². The van der Waals surface area contributed by atoms with E-state index in [1.54, 1.807) is 0 Å². The van der Waals surface area contributed by atoms with Crippen LogP contribution >= 0.6 is 0 Å². The Morgan fingerprint density at radius 2 is 0.975 bits per heavy atom. The average molecular weight is 566 g/mol. The zero-order valence-corrected chi connectivity index (χ0v) is 27.1. The Morgan fingerprint density at radius 1 is 0.575 bits per heavy atom. The first-order valence-electron chi connectivity index (χ1n) is 17.9. The van der Waals surface area contributed by atoms with Crippen LogP contribution in [0.5, 0.6) is 0 Å². The average Bonchev–Trinajstić information content (AvgIpc) is 2.96. The Morgan fingerprint density at radius 3 is 1.45 bits per heavy atom. The first-order chi connectivity index (χ1) is 19.7. The lowest BCUT2D eigenvalue weighted by molar-refractivity contribution is -0.123. The Hall–Kier alpha value is -0.870. The molecule has 238 valence electrons. The van der Waals surface area contributed by atoms with E-state index in [9.17, 15) is 15.0 Å². The van der Waals surface area contributed by atoms with Gasteiger partial charge in [-0.2, -0.15) is 0 Å². The molecule has 2 atom stereocenters. The van der Waals surface area contributed by atoms with Gasteiger partial charge in [-0.1, -0.05) is 167 Å². The van der Waals surface area contributed by atoms with Gasteiger partial charge in [-0.25, -0.2) is 0 Å². The van der Waals surface area contributed by atoms with Gasteiger partial charge in [-0.3, -0.25) is 4.79 Å². The van der Waals surface area contributed by atoms with Gasteiger partial charge in [0.25, 0.3) is 0 Å². The third-order valence-electron chi connectivity index (χ3n) is 8.28. The van der Waals surface area contributed by atoms with Gasteiger partial charge in [0.05, 0.1) is 18.8 Å². The summed E-state index contributed by atoms with van der Waals surface area (Å²) in [6, 6.07) is -0.534. The molecule has 0 radical (unpaired) electrons. The molecule has 4 heteroatoms. The van der Waals surface area contributed by atoms with Gasteiger partial charge >= 0.3 is 0 Å². The second kappa shape index (κ2) is 32.6. The fourth-order valence-corrected chi connectivity index (χ4v) is 5.46. The summed E-state index contributed by atoms with van der Waals surface area (Å²) in [4.78, 5) is 12.3. The molecule has 0 bridgehead atoms. The molecule has 0 fully saturated rings. The summed E-state index contributed by atoms with van der Waals surface area (Å²) in [6.45, 7) is 4.31. The predicted molar refractivity (Wildman–Crippen MR) is 175 cm³/mol. The van der Waals surface area contributed by atoms with Crippen molar-refractivity contribution in [2.45, 2.75) is 206 Å². The van der Waals surface area contributed by atoms with Crippen molar-refractivity contribution in [1.29, 1.82) is 0 Å². The Balaban J connectivity index is 3.54. The Labute approximate surface area is 250 Å². The number of aliphatic hydroxyl groups excluding tert-OH is 2. The van der Waals surface area contributed by atoms with Crippen LogP contribution in [0.15, 0.2) is 12.2 Å². The fourth-order valence-electron chi connectivity index (χ4n) is 5.46. The van der Waals surface area contributed by atoms with Crippen LogP contribution in [0.3, 0.4) is 0 Å². The van der Waals surface area contributed by atoms with E-state index in [4.69, 9.17) is 0 Å². The first-order valence-corrected chi connectivity index (χ1v) is 17.9. The topological polar surface area (TPSA) is 69.6 Å². The van der Waals surface area contributed by atoms with Crippen LogP contribution in [0.25, 0.3) is 0 Å². The number of unbranched alkanes of at least 4 members (excludes halogenated alkanes) is 23. The van der Waals surface area contributed by atoms with Crippen LogP contribution < -0.4 is 5.32 Å². The minimum Gasteiger partial charge on any atom is -0.394 e. The van der Waals surface area contributed by atoms with Gasteiger partial charge in [0, 0.05) is 6.42 Å². The van der Waals surface area contributed by atoms with Gasteiger partial charge < -0.3 is 15.5 Å². The molecule has 4 nitrogen and oxygen atoms in total. The molecule has 3 N–H and O–H groups in total. The van der Waals surface area contributed by atoms with Crippen LogP contribution in [0.4, 0.5) is 0 Å². The molecule has 0 saturated heterocycles. The standard InChI is InChI=1S/C36H71NO3/c1-3-5-7-9-11-13-15-16-17-18-19-20-22-23-25-27-29-31-35(39)34(33-38)37-36(40)32-30-28-26-24-21-14-12-10-8-6-4-2/h10,12,34-35,38-39H,3-9,11,13-33H2,1-2H3,(H,37,40)/b12-10-. The molecular formula is C36H71NO3. The van der Waals surface area contributed by atoms with E-state index in [0.717, 1.165) is 25.7 Å². The number of nitrogens with one attached hydrogen (secondary N) is 1. The maximum Gasteiger partial charge on any atom is 0.220 e. The first kappa shape index (κ1) is 39.1. The number of hydrogen-bond acceptors (Lipinski definition) is 3. The molecule has 0 aliphatic heterocycles. The minimum absolute atomic E-state index is 0.0423. The van der Waals surface area contributed by atoms with Crippen LogP contribution in [0, 0.1) is 0 Å². The van der Waals surface area contributed by atoms with Crippen LogP contribution in [-0.2, 0) is 4.79 Å². The van der Waals surface area contributed by atoms with Crippen molar-refractivity contribution < 1.29 is 15.0 Å². The SMILES string of the molecule is CCCC/C=C\CCCCCCCC(=O)NC(CO)C(O)CCCCCCCCCCCCCCCCCCC. The molecule has 0 aromatic heterocycles. The van der Waals surface area contributed by atoms with E-state index in [1.165, 1.54) is 141 Å². The fraction of sp³-hybridized carbons (Fsp3) is 0.917. The lowest BCUT2D eigenvalue weighted by Crippen LogP contribution is -2.45. The quantitative estimate of drug-likeness (QED) is 0.0561. The number of amides is 1. The van der Waals surface area contributed by atoms with Crippen molar-refractivity contribution >= 4 is 5.91 Å². The summed E-state index contributed by atoms with van der Waals surface area (Å²) < 4.78 is 0. The highest BCUT2D eigenvalue weighted by Gasteiger charge is 2.19. The summed E-state index contributed by atoms with van der Waals surface area (Å²) in [5, 5.41) is 23.0. The van der Waals surface area contributed by atoms with Crippen molar-refractivity contribution in [3.05, 3.63) is 12.2 Å². The van der Waals surface area contributed by atoms with Crippen molar-refractivity contribution in [2.75, 3.05) is 6.61 Å². The molecule has 0 rings (SSSR count). The van der Waals surface area contributed by atoms with Gasteiger partial charge in [-0.05, 0) is 32.1 Å². The van der Waals surface area contributed by atoms with Crippen molar-refractivity contribution in [3.63, 3.8) is 0 Å². The summed E-state index contributed by atoms with van der Waals surface area (Å²) in [5.41, 5.74) is 0. The lowest BCUT2D eigenvalue weighted by Gasteiger charge is -2.22. The second-order valence-corrected chi connectivity index (χ2v) is 12.3. The Kier molecular flexibility index (Phi) is 31.9. The summed E-state index contributed by atoms with van der Waals surface area (Å²) in [6.07, 6.45) is 38.3. The highest BCUT2D eigenvalue weighted by molar-refractivity contribution is 5.76. The predicted octanol–water partition coefficient (Wildman–Crippen LogP) is 10.3. The van der Waals surface area contributed by atoms with E-state index < -0.39 is 12.1 Å². The molecule has 0 aromatic carbocycles. The van der Waals surface area contributed by atoms with Gasteiger partial charge in [-0.15, -0.1) is 0 Å². The number of carbonyl (C=O) groups excluding carboxylic acids is 1. The lowest BCUT2D eigenvalue weighted by atomic mass is 10.0. The van der Waals surface area contributed by atoms with Crippen molar-refractivity contribution in [1.82, 2.24) is 5.32 Å². The summed E-state index contributed by atoms with van der Waals surface area (Å²) in [5.74, 6) is -0.0423. The number of allylic oxidation sites excluding steroid dienone is 2. The highest BCUT2D eigenvalue weighted by Crippen LogP contribution is 2.15. The number of aliphatic hydroxyl groups is 2. The normalized spacial score (nSPS) is 13.2. The van der Waals surface area contributed by atoms with Gasteiger partial charge in [0.1, 0.15) is 0 Å². The van der Waals surface area contributed by atoms with Gasteiger partial charge in [0.15, 0.2) is 0 Å².